The average molecular weight is 361 g/mol. The molecule has 1 aliphatic carbocycles. The zero-order chi connectivity index (χ0) is 15.0. The maximum Gasteiger partial charge on any atom is 0.314 e. The first-order valence-electron chi connectivity index (χ1n) is 6.51. The zero-order valence-electron chi connectivity index (χ0n) is 11.2. The van der Waals surface area contributed by atoms with Crippen LogP contribution < -0.4 is 0 Å². The summed E-state index contributed by atoms with van der Waals surface area (Å²) in [6, 6.07) is 4.83. The molecule has 0 spiro atoms. The fraction of sp³-hybridized carbons (Fsp3) is 0.500. The highest BCUT2D eigenvalue weighted by Crippen LogP contribution is 2.45. The molecule has 0 atom stereocenters. The summed E-state index contributed by atoms with van der Waals surface area (Å²) in [5, 5.41) is 9.74. The second-order valence-electron chi connectivity index (χ2n) is 5.33. The molecule has 0 unspecified atom stereocenters. The van der Waals surface area contributed by atoms with Gasteiger partial charge in [-0.2, -0.15) is 0 Å². The molecule has 4 nitrogen and oxygen atoms in total. The van der Waals surface area contributed by atoms with E-state index in [9.17, 15) is 18.3 Å². The Balaban J connectivity index is 2.75. The molecule has 0 bridgehead atoms. The van der Waals surface area contributed by atoms with Gasteiger partial charge in [0.15, 0.2) is 9.84 Å². The molecule has 1 aromatic carbocycles. The number of carbonyl (C=O) groups is 1. The molecule has 1 aliphatic rings. The molecular formula is C14H17BrO4S. The minimum absolute atomic E-state index is 0.121. The van der Waals surface area contributed by atoms with Gasteiger partial charge in [-0.15, -0.1) is 0 Å². The maximum absolute atomic E-state index is 12.0. The van der Waals surface area contributed by atoms with Crippen molar-refractivity contribution in [2.75, 3.05) is 6.26 Å². The van der Waals surface area contributed by atoms with Crippen LogP contribution in [0.25, 0.3) is 0 Å². The van der Waals surface area contributed by atoms with Crippen molar-refractivity contribution in [3.63, 3.8) is 0 Å². The van der Waals surface area contributed by atoms with Crippen molar-refractivity contribution in [2.24, 2.45) is 0 Å². The number of carboxylic acid groups (broad SMARTS) is 1. The van der Waals surface area contributed by atoms with E-state index in [-0.39, 0.29) is 4.90 Å². The SMILES string of the molecule is CS(=O)(=O)c1cccc(Br)c1C1(C(=O)O)CCCCC1. The van der Waals surface area contributed by atoms with Crippen LogP contribution >= 0.6 is 15.9 Å². The molecule has 0 aromatic heterocycles. The lowest BCUT2D eigenvalue weighted by Gasteiger charge is -2.35. The average Bonchev–Trinajstić information content (AvgIpc) is 2.38. The van der Waals surface area contributed by atoms with Gasteiger partial charge in [0, 0.05) is 16.3 Å². The molecule has 0 saturated heterocycles. The van der Waals surface area contributed by atoms with E-state index in [0.717, 1.165) is 25.5 Å². The zero-order valence-corrected chi connectivity index (χ0v) is 13.6. The second kappa shape index (κ2) is 5.48. The Hall–Kier alpha value is -0.880. The summed E-state index contributed by atoms with van der Waals surface area (Å²) in [6.07, 6.45) is 4.68. The van der Waals surface area contributed by atoms with Gasteiger partial charge < -0.3 is 5.11 Å². The van der Waals surface area contributed by atoms with Crippen molar-refractivity contribution >= 4 is 31.7 Å². The number of benzene rings is 1. The van der Waals surface area contributed by atoms with Crippen LogP contribution in [-0.4, -0.2) is 25.7 Å². The summed E-state index contributed by atoms with van der Waals surface area (Å²) in [5.74, 6) is -0.936. The molecule has 1 N–H and O–H groups in total. The molecule has 6 heteroatoms. The van der Waals surface area contributed by atoms with Crippen LogP contribution in [0.3, 0.4) is 0 Å². The summed E-state index contributed by atoms with van der Waals surface area (Å²) in [4.78, 5) is 12.0. The Bertz CT molecular complexity index is 631. The van der Waals surface area contributed by atoms with Gasteiger partial charge in [0.2, 0.25) is 0 Å². The molecule has 1 aromatic rings. The number of sulfone groups is 1. The molecule has 1 fully saturated rings. The standard InChI is InChI=1S/C14H17BrO4S/c1-20(18,19)11-7-5-6-10(15)12(11)14(13(16)17)8-3-2-4-9-14/h5-7H,2-4,8-9H2,1H3,(H,16,17). The first-order valence-corrected chi connectivity index (χ1v) is 9.20. The number of aliphatic carboxylic acids is 1. The molecule has 0 aliphatic heterocycles. The third-order valence-electron chi connectivity index (χ3n) is 3.97. The van der Waals surface area contributed by atoms with Gasteiger partial charge in [-0.25, -0.2) is 8.42 Å². The minimum Gasteiger partial charge on any atom is -0.481 e. The predicted octanol–water partition coefficient (Wildman–Crippen LogP) is 3.14. The van der Waals surface area contributed by atoms with E-state index in [0.29, 0.717) is 22.9 Å². The Morgan fingerprint density at radius 3 is 2.35 bits per heavy atom. The quantitative estimate of drug-likeness (QED) is 0.898. The van der Waals surface area contributed by atoms with Crippen LogP contribution in [0.2, 0.25) is 0 Å². The Morgan fingerprint density at radius 2 is 1.85 bits per heavy atom. The lowest BCUT2D eigenvalue weighted by Crippen LogP contribution is -2.39. The van der Waals surface area contributed by atoms with E-state index in [4.69, 9.17) is 0 Å². The van der Waals surface area contributed by atoms with Crippen molar-refractivity contribution in [1.82, 2.24) is 0 Å². The van der Waals surface area contributed by atoms with Crippen LogP contribution in [-0.2, 0) is 20.0 Å². The first-order chi connectivity index (χ1) is 9.29. The molecule has 0 radical (unpaired) electrons. The van der Waals surface area contributed by atoms with Crippen molar-refractivity contribution < 1.29 is 18.3 Å². The van der Waals surface area contributed by atoms with Gasteiger partial charge in [-0.1, -0.05) is 41.3 Å². The lowest BCUT2D eigenvalue weighted by atomic mass is 9.69. The molecule has 2 rings (SSSR count). The van der Waals surface area contributed by atoms with E-state index in [1.165, 1.54) is 6.07 Å². The van der Waals surface area contributed by atoms with Crippen LogP contribution in [0.4, 0.5) is 0 Å². The van der Waals surface area contributed by atoms with Crippen molar-refractivity contribution in [2.45, 2.75) is 42.4 Å². The van der Waals surface area contributed by atoms with E-state index in [1.54, 1.807) is 12.1 Å². The summed E-state index contributed by atoms with van der Waals surface area (Å²) in [6.45, 7) is 0. The Kier molecular flexibility index (Phi) is 4.25. The van der Waals surface area contributed by atoms with E-state index >= 15 is 0 Å². The normalized spacial score (nSPS) is 18.7. The molecule has 0 heterocycles. The Morgan fingerprint density at radius 1 is 1.25 bits per heavy atom. The van der Waals surface area contributed by atoms with Gasteiger partial charge in [0.05, 0.1) is 10.3 Å². The van der Waals surface area contributed by atoms with Gasteiger partial charge in [0.25, 0.3) is 0 Å². The monoisotopic (exact) mass is 360 g/mol. The molecule has 0 amide bonds. The van der Waals surface area contributed by atoms with E-state index in [1.807, 2.05) is 0 Å². The van der Waals surface area contributed by atoms with E-state index in [2.05, 4.69) is 15.9 Å². The number of hydrogen-bond donors (Lipinski definition) is 1. The first kappa shape index (κ1) is 15.5. The molecule has 1 saturated carbocycles. The topological polar surface area (TPSA) is 71.4 Å². The highest BCUT2D eigenvalue weighted by atomic mass is 79.9. The van der Waals surface area contributed by atoms with Crippen molar-refractivity contribution in [3.8, 4) is 0 Å². The summed E-state index contributed by atoms with van der Waals surface area (Å²) < 4.78 is 24.6. The van der Waals surface area contributed by atoms with E-state index < -0.39 is 21.2 Å². The number of rotatable bonds is 3. The van der Waals surface area contributed by atoms with Gasteiger partial charge in [-0.05, 0) is 25.0 Å². The number of carboxylic acids is 1. The molecule has 110 valence electrons. The minimum atomic E-state index is -3.47. The summed E-state index contributed by atoms with van der Waals surface area (Å²) in [7, 11) is -3.47. The highest BCUT2D eigenvalue weighted by Gasteiger charge is 2.45. The summed E-state index contributed by atoms with van der Waals surface area (Å²) in [5.41, 5.74) is -0.689. The van der Waals surface area contributed by atoms with Crippen molar-refractivity contribution in [3.05, 3.63) is 28.2 Å². The summed E-state index contributed by atoms with van der Waals surface area (Å²) >= 11 is 3.35. The lowest BCUT2D eigenvalue weighted by molar-refractivity contribution is -0.145. The number of halogens is 1. The van der Waals surface area contributed by atoms with Crippen LogP contribution in [0.15, 0.2) is 27.6 Å². The fourth-order valence-corrected chi connectivity index (χ4v) is 4.88. The second-order valence-corrected chi connectivity index (χ2v) is 8.17. The number of hydrogen-bond acceptors (Lipinski definition) is 3. The molecular weight excluding hydrogens is 344 g/mol. The van der Waals surface area contributed by atoms with Gasteiger partial charge in [0.1, 0.15) is 0 Å². The highest BCUT2D eigenvalue weighted by molar-refractivity contribution is 9.10. The van der Waals surface area contributed by atoms with Crippen LogP contribution in [0.5, 0.6) is 0 Å². The third-order valence-corrected chi connectivity index (χ3v) is 5.77. The van der Waals surface area contributed by atoms with Crippen LogP contribution in [0.1, 0.15) is 37.7 Å². The third kappa shape index (κ3) is 2.63. The smallest absolute Gasteiger partial charge is 0.314 e. The Labute approximate surface area is 127 Å². The maximum atomic E-state index is 12.0. The van der Waals surface area contributed by atoms with Gasteiger partial charge >= 0.3 is 5.97 Å². The van der Waals surface area contributed by atoms with Crippen LogP contribution in [0, 0.1) is 0 Å². The predicted molar refractivity (Wildman–Crippen MR) is 79.7 cm³/mol. The fourth-order valence-electron chi connectivity index (χ4n) is 3.00. The largest absolute Gasteiger partial charge is 0.481 e. The molecule has 20 heavy (non-hydrogen) atoms. The van der Waals surface area contributed by atoms with Crippen molar-refractivity contribution in [1.29, 1.82) is 0 Å². The van der Waals surface area contributed by atoms with Gasteiger partial charge in [-0.3, -0.25) is 4.79 Å².